The van der Waals surface area contributed by atoms with Gasteiger partial charge in [0, 0.05) is 18.6 Å². The van der Waals surface area contributed by atoms with Crippen LogP contribution < -0.4 is 0 Å². The summed E-state index contributed by atoms with van der Waals surface area (Å²) in [5.41, 5.74) is 0. The Balaban J connectivity index is 2.00. The number of rotatable bonds is 4. The lowest BCUT2D eigenvalue weighted by Gasteiger charge is -2.49. The highest BCUT2D eigenvalue weighted by molar-refractivity contribution is 7.91. The Kier molecular flexibility index (Phi) is 4.20. The molecular formula is C13H23NO4S. The van der Waals surface area contributed by atoms with Gasteiger partial charge in [-0.3, -0.25) is 9.69 Å². The minimum atomic E-state index is -3.06. The highest BCUT2D eigenvalue weighted by Crippen LogP contribution is 2.38. The van der Waals surface area contributed by atoms with Gasteiger partial charge in [-0.05, 0) is 24.7 Å². The van der Waals surface area contributed by atoms with E-state index in [9.17, 15) is 13.2 Å². The Morgan fingerprint density at radius 3 is 2.53 bits per heavy atom. The highest BCUT2D eigenvalue weighted by atomic mass is 32.2. The summed E-state index contributed by atoms with van der Waals surface area (Å²) >= 11 is 0. The zero-order valence-corrected chi connectivity index (χ0v) is 12.4. The first-order valence-electron chi connectivity index (χ1n) is 6.96. The number of nitrogens with zero attached hydrogens (tertiary/aromatic N) is 1. The van der Waals surface area contributed by atoms with Crippen LogP contribution in [0.15, 0.2) is 0 Å². The van der Waals surface area contributed by atoms with Crippen LogP contribution >= 0.6 is 0 Å². The van der Waals surface area contributed by atoms with E-state index in [0.717, 1.165) is 12.8 Å². The minimum Gasteiger partial charge on any atom is -0.481 e. The highest BCUT2D eigenvalue weighted by Gasteiger charge is 2.42. The molecule has 1 N–H and O–H groups in total. The van der Waals surface area contributed by atoms with Gasteiger partial charge < -0.3 is 5.11 Å². The molecule has 5 nitrogen and oxygen atoms in total. The van der Waals surface area contributed by atoms with E-state index in [2.05, 4.69) is 18.7 Å². The van der Waals surface area contributed by atoms with Crippen molar-refractivity contribution < 1.29 is 18.3 Å². The Morgan fingerprint density at radius 2 is 2.00 bits per heavy atom. The maximum Gasteiger partial charge on any atom is 0.304 e. The summed E-state index contributed by atoms with van der Waals surface area (Å²) < 4.78 is 23.3. The van der Waals surface area contributed by atoms with E-state index >= 15 is 0 Å². The quantitative estimate of drug-likeness (QED) is 0.835. The number of hydrogen-bond acceptors (Lipinski definition) is 4. The van der Waals surface area contributed by atoms with Crippen LogP contribution in [0.2, 0.25) is 0 Å². The lowest BCUT2D eigenvalue weighted by Crippen LogP contribution is -2.57. The van der Waals surface area contributed by atoms with Gasteiger partial charge in [0.05, 0.1) is 17.9 Å². The van der Waals surface area contributed by atoms with Crippen molar-refractivity contribution in [3.63, 3.8) is 0 Å². The van der Waals surface area contributed by atoms with Gasteiger partial charge in [-0.15, -0.1) is 0 Å². The maximum atomic E-state index is 11.7. The van der Waals surface area contributed by atoms with Gasteiger partial charge in [0.1, 0.15) is 0 Å². The molecule has 1 aliphatic carbocycles. The molecule has 2 rings (SSSR count). The van der Waals surface area contributed by atoms with Crippen LogP contribution in [-0.4, -0.2) is 54.5 Å². The smallest absolute Gasteiger partial charge is 0.304 e. The monoisotopic (exact) mass is 289 g/mol. The van der Waals surface area contributed by atoms with Crippen LogP contribution in [0.4, 0.5) is 0 Å². The summed E-state index contributed by atoms with van der Waals surface area (Å²) in [4.78, 5) is 13.0. The Hall–Kier alpha value is -0.620. The van der Waals surface area contributed by atoms with Crippen LogP contribution in [0.25, 0.3) is 0 Å². The molecule has 1 saturated carbocycles. The van der Waals surface area contributed by atoms with E-state index in [4.69, 9.17) is 5.11 Å². The molecule has 2 fully saturated rings. The number of aliphatic carboxylic acids is 1. The molecule has 0 bridgehead atoms. The van der Waals surface area contributed by atoms with Crippen molar-refractivity contribution in [3.8, 4) is 0 Å². The van der Waals surface area contributed by atoms with Gasteiger partial charge in [-0.2, -0.15) is 0 Å². The molecule has 6 heteroatoms. The predicted octanol–water partition coefficient (Wildman–Crippen LogP) is 0.995. The first-order chi connectivity index (χ1) is 8.78. The Bertz CT molecular complexity index is 440. The van der Waals surface area contributed by atoms with Crippen molar-refractivity contribution in [1.29, 1.82) is 0 Å². The zero-order chi connectivity index (χ0) is 14.2. The average Bonchev–Trinajstić information content (AvgIpc) is 2.16. The number of carboxylic acid groups (broad SMARTS) is 1. The van der Waals surface area contributed by atoms with Gasteiger partial charge in [0.25, 0.3) is 0 Å². The van der Waals surface area contributed by atoms with E-state index in [1.807, 2.05) is 0 Å². The van der Waals surface area contributed by atoms with Crippen molar-refractivity contribution in [2.45, 2.75) is 45.2 Å². The molecule has 0 spiro atoms. The second-order valence-corrected chi connectivity index (χ2v) is 8.46. The van der Waals surface area contributed by atoms with Crippen molar-refractivity contribution in [2.75, 3.05) is 18.1 Å². The third kappa shape index (κ3) is 3.48. The second kappa shape index (κ2) is 5.40. The summed E-state index contributed by atoms with van der Waals surface area (Å²) in [5, 5.41) is 8.94. The molecule has 110 valence electrons. The van der Waals surface area contributed by atoms with Crippen LogP contribution in [-0.2, 0) is 14.6 Å². The van der Waals surface area contributed by atoms with E-state index < -0.39 is 15.8 Å². The van der Waals surface area contributed by atoms with E-state index in [1.165, 1.54) is 0 Å². The molecule has 1 heterocycles. The van der Waals surface area contributed by atoms with E-state index in [-0.39, 0.29) is 24.0 Å². The van der Waals surface area contributed by atoms with E-state index in [0.29, 0.717) is 24.4 Å². The SMILES string of the molecule is CC(C)C1CC(N2CCS(=O)(=O)CC2CC(=O)O)C1. The minimum absolute atomic E-state index is 0.00213. The lowest BCUT2D eigenvalue weighted by molar-refractivity contribution is -0.138. The normalized spacial score (nSPS) is 35.0. The van der Waals surface area contributed by atoms with Gasteiger partial charge in [-0.25, -0.2) is 8.42 Å². The van der Waals surface area contributed by atoms with E-state index in [1.54, 1.807) is 0 Å². The lowest BCUT2D eigenvalue weighted by atomic mass is 9.72. The molecule has 0 aromatic rings. The Morgan fingerprint density at radius 1 is 1.37 bits per heavy atom. The summed E-state index contributed by atoms with van der Waals surface area (Å²) in [5.74, 6) is 0.622. The molecule has 1 unspecified atom stereocenters. The van der Waals surface area contributed by atoms with Crippen LogP contribution in [0.5, 0.6) is 0 Å². The van der Waals surface area contributed by atoms with Crippen molar-refractivity contribution in [3.05, 3.63) is 0 Å². The molecule has 0 amide bonds. The third-order valence-corrected chi connectivity index (χ3v) is 6.24. The fraction of sp³-hybridized carbons (Fsp3) is 0.923. The molecular weight excluding hydrogens is 266 g/mol. The van der Waals surface area contributed by atoms with Crippen molar-refractivity contribution in [2.24, 2.45) is 11.8 Å². The standard InChI is InChI=1S/C13H23NO4S/c1-9(2)10-5-11(6-10)14-3-4-19(17,18)8-12(14)7-13(15)16/h9-12H,3-8H2,1-2H3,(H,15,16). The largest absolute Gasteiger partial charge is 0.481 e. The fourth-order valence-corrected chi connectivity index (χ4v) is 4.75. The molecule has 1 saturated heterocycles. The maximum absolute atomic E-state index is 11.7. The molecule has 19 heavy (non-hydrogen) atoms. The number of sulfone groups is 1. The van der Waals surface area contributed by atoms with Crippen LogP contribution in [0, 0.1) is 11.8 Å². The van der Waals surface area contributed by atoms with Crippen molar-refractivity contribution in [1.82, 2.24) is 4.90 Å². The van der Waals surface area contributed by atoms with Crippen LogP contribution in [0.3, 0.4) is 0 Å². The number of carboxylic acids is 1. The van der Waals surface area contributed by atoms with Crippen molar-refractivity contribution >= 4 is 15.8 Å². The molecule has 2 aliphatic rings. The van der Waals surface area contributed by atoms with Gasteiger partial charge in [0.2, 0.25) is 0 Å². The van der Waals surface area contributed by atoms with Gasteiger partial charge in [-0.1, -0.05) is 13.8 Å². The summed E-state index contributed by atoms with van der Waals surface area (Å²) in [6, 6.07) is 0.0432. The predicted molar refractivity (Wildman–Crippen MR) is 72.8 cm³/mol. The third-order valence-electron chi connectivity index (χ3n) is 4.55. The summed E-state index contributed by atoms with van der Waals surface area (Å²) in [7, 11) is -3.06. The average molecular weight is 289 g/mol. The zero-order valence-electron chi connectivity index (χ0n) is 11.6. The first kappa shape index (κ1) is 14.8. The Labute approximate surface area is 114 Å². The molecule has 0 aromatic heterocycles. The topological polar surface area (TPSA) is 74.7 Å². The molecule has 1 aliphatic heterocycles. The van der Waals surface area contributed by atoms with Gasteiger partial charge in [0.15, 0.2) is 9.84 Å². The van der Waals surface area contributed by atoms with Crippen LogP contribution in [0.1, 0.15) is 33.1 Å². The molecule has 0 aromatic carbocycles. The molecule has 1 atom stereocenters. The first-order valence-corrected chi connectivity index (χ1v) is 8.78. The summed E-state index contributed by atoms with van der Waals surface area (Å²) in [6.45, 7) is 4.91. The fourth-order valence-electron chi connectivity index (χ4n) is 3.20. The molecule has 0 radical (unpaired) electrons. The number of carbonyl (C=O) groups is 1. The summed E-state index contributed by atoms with van der Waals surface area (Å²) in [6.07, 6.45) is 2.09. The second-order valence-electron chi connectivity index (χ2n) is 6.23. The number of hydrogen-bond donors (Lipinski definition) is 1. The van der Waals surface area contributed by atoms with Gasteiger partial charge >= 0.3 is 5.97 Å².